The van der Waals surface area contributed by atoms with Gasteiger partial charge in [0.15, 0.2) is 0 Å². The third kappa shape index (κ3) is 2.34. The second kappa shape index (κ2) is 4.31. The molecule has 0 aliphatic rings. The maximum atomic E-state index is 11.4. The number of aromatic nitrogens is 1. The van der Waals surface area contributed by atoms with Crippen molar-refractivity contribution in [2.24, 2.45) is 0 Å². The number of H-pyrrole nitrogens is 1. The summed E-state index contributed by atoms with van der Waals surface area (Å²) >= 11 is 0. The molecule has 4 heteroatoms. The highest BCUT2D eigenvalue weighted by atomic mass is 16.1. The Labute approximate surface area is 76.6 Å². The van der Waals surface area contributed by atoms with Crippen LogP contribution in [-0.4, -0.2) is 16.9 Å². The molecule has 2 N–H and O–H groups in total. The number of carbonyl (C=O) groups excluding carboxylic acids is 1. The molecule has 0 fully saturated rings. The molecule has 1 aromatic heterocycles. The average Bonchev–Trinajstić information content (AvgIpc) is 2.66. The van der Waals surface area contributed by atoms with Crippen molar-refractivity contribution in [3.05, 3.63) is 24.0 Å². The molecule has 0 aromatic carbocycles. The Morgan fingerprint density at radius 1 is 1.85 bits per heavy atom. The highest BCUT2D eigenvalue weighted by Crippen LogP contribution is 1.97. The van der Waals surface area contributed by atoms with E-state index in [4.69, 9.17) is 5.26 Å². The Bertz CT molecular complexity index is 310. The van der Waals surface area contributed by atoms with Gasteiger partial charge in [0, 0.05) is 12.4 Å². The molecule has 0 aliphatic heterocycles. The highest BCUT2D eigenvalue weighted by Gasteiger charge is 2.10. The monoisotopic (exact) mass is 177 g/mol. The van der Waals surface area contributed by atoms with Crippen LogP contribution in [0.15, 0.2) is 18.5 Å². The van der Waals surface area contributed by atoms with E-state index in [0.717, 1.165) is 0 Å². The summed E-state index contributed by atoms with van der Waals surface area (Å²) in [7, 11) is 0. The summed E-state index contributed by atoms with van der Waals surface area (Å²) in [5.41, 5.74) is 0.550. The normalized spacial score (nSPS) is 11.7. The zero-order chi connectivity index (χ0) is 9.68. The molecule has 0 aliphatic carbocycles. The second-order valence-corrected chi connectivity index (χ2v) is 2.66. The molecule has 0 saturated carbocycles. The summed E-state index contributed by atoms with van der Waals surface area (Å²) in [6.45, 7) is 1.85. The minimum atomic E-state index is -0.401. The molecule has 1 aromatic rings. The Morgan fingerprint density at radius 2 is 2.62 bits per heavy atom. The van der Waals surface area contributed by atoms with E-state index < -0.39 is 6.04 Å². The maximum absolute atomic E-state index is 11.4. The van der Waals surface area contributed by atoms with Crippen molar-refractivity contribution in [2.45, 2.75) is 19.4 Å². The summed E-state index contributed by atoms with van der Waals surface area (Å²) in [5.74, 6) is -0.213. The fraction of sp³-hybridized carbons (Fsp3) is 0.333. The van der Waals surface area contributed by atoms with Crippen molar-refractivity contribution in [2.75, 3.05) is 0 Å². The van der Waals surface area contributed by atoms with Crippen LogP contribution < -0.4 is 5.32 Å². The van der Waals surface area contributed by atoms with E-state index in [1.807, 2.05) is 13.0 Å². The Morgan fingerprint density at radius 3 is 3.08 bits per heavy atom. The number of rotatable bonds is 3. The number of aromatic amines is 1. The number of nitriles is 1. The van der Waals surface area contributed by atoms with Gasteiger partial charge in [0.1, 0.15) is 6.04 Å². The fourth-order valence-electron chi connectivity index (χ4n) is 0.932. The fourth-order valence-corrected chi connectivity index (χ4v) is 0.932. The van der Waals surface area contributed by atoms with E-state index in [0.29, 0.717) is 12.0 Å². The molecule has 0 radical (unpaired) electrons. The minimum Gasteiger partial charge on any atom is -0.367 e. The number of nitrogens with one attached hydrogen (secondary N) is 2. The van der Waals surface area contributed by atoms with Gasteiger partial charge in [-0.05, 0) is 12.5 Å². The van der Waals surface area contributed by atoms with Gasteiger partial charge in [0.2, 0.25) is 0 Å². The first-order valence-corrected chi connectivity index (χ1v) is 4.11. The van der Waals surface area contributed by atoms with Crippen molar-refractivity contribution in [3.63, 3.8) is 0 Å². The van der Waals surface area contributed by atoms with E-state index in [9.17, 15) is 4.79 Å². The molecular formula is C9H11N3O. The quantitative estimate of drug-likeness (QED) is 0.724. The van der Waals surface area contributed by atoms with Crippen molar-refractivity contribution in [1.29, 1.82) is 5.26 Å². The first-order valence-electron chi connectivity index (χ1n) is 4.11. The standard InChI is InChI=1S/C9H11N3O/c1-2-8(5-10)12-9(13)7-3-4-11-6-7/h3-4,6,8,11H,2H2,1H3,(H,12,13). The van der Waals surface area contributed by atoms with E-state index >= 15 is 0 Å². The van der Waals surface area contributed by atoms with Gasteiger partial charge in [-0.15, -0.1) is 0 Å². The van der Waals surface area contributed by atoms with E-state index in [1.165, 1.54) is 0 Å². The third-order valence-electron chi connectivity index (χ3n) is 1.73. The first kappa shape index (κ1) is 9.33. The van der Waals surface area contributed by atoms with E-state index in [1.54, 1.807) is 18.5 Å². The molecule has 0 spiro atoms. The van der Waals surface area contributed by atoms with Crippen LogP contribution in [0.4, 0.5) is 0 Å². The summed E-state index contributed by atoms with van der Waals surface area (Å²) < 4.78 is 0. The van der Waals surface area contributed by atoms with Gasteiger partial charge in [-0.25, -0.2) is 0 Å². The molecule has 1 rings (SSSR count). The molecule has 13 heavy (non-hydrogen) atoms. The van der Waals surface area contributed by atoms with Gasteiger partial charge in [-0.1, -0.05) is 6.92 Å². The lowest BCUT2D eigenvalue weighted by Crippen LogP contribution is -2.32. The van der Waals surface area contributed by atoms with Crippen molar-refractivity contribution >= 4 is 5.91 Å². The van der Waals surface area contributed by atoms with Crippen molar-refractivity contribution < 1.29 is 4.79 Å². The lowest BCUT2D eigenvalue weighted by atomic mass is 10.2. The summed E-state index contributed by atoms with van der Waals surface area (Å²) in [5, 5.41) is 11.2. The summed E-state index contributed by atoms with van der Waals surface area (Å²) in [6, 6.07) is 3.27. The average molecular weight is 177 g/mol. The molecule has 0 bridgehead atoms. The predicted molar refractivity (Wildman–Crippen MR) is 48.0 cm³/mol. The van der Waals surface area contributed by atoms with Gasteiger partial charge in [-0.3, -0.25) is 4.79 Å². The molecule has 1 heterocycles. The smallest absolute Gasteiger partial charge is 0.253 e. The number of carbonyl (C=O) groups is 1. The molecular weight excluding hydrogens is 166 g/mol. The lowest BCUT2D eigenvalue weighted by molar-refractivity contribution is 0.0945. The third-order valence-corrected chi connectivity index (χ3v) is 1.73. The van der Waals surface area contributed by atoms with E-state index in [2.05, 4.69) is 10.3 Å². The lowest BCUT2D eigenvalue weighted by Gasteiger charge is -2.07. The zero-order valence-electron chi connectivity index (χ0n) is 7.37. The molecule has 1 amide bonds. The number of hydrogen-bond acceptors (Lipinski definition) is 2. The number of nitrogens with zero attached hydrogens (tertiary/aromatic N) is 1. The topological polar surface area (TPSA) is 68.7 Å². The second-order valence-electron chi connectivity index (χ2n) is 2.66. The molecule has 68 valence electrons. The van der Waals surface area contributed by atoms with Crippen molar-refractivity contribution in [3.8, 4) is 6.07 Å². The molecule has 0 saturated heterocycles. The summed E-state index contributed by atoms with van der Waals surface area (Å²) in [4.78, 5) is 14.1. The van der Waals surface area contributed by atoms with Gasteiger partial charge >= 0.3 is 0 Å². The van der Waals surface area contributed by atoms with Crippen LogP contribution in [-0.2, 0) is 0 Å². The summed E-state index contributed by atoms with van der Waals surface area (Å²) in [6.07, 6.45) is 3.88. The van der Waals surface area contributed by atoms with Gasteiger partial charge in [0.05, 0.1) is 11.6 Å². The van der Waals surface area contributed by atoms with Gasteiger partial charge in [-0.2, -0.15) is 5.26 Å². The van der Waals surface area contributed by atoms with Crippen LogP contribution in [0, 0.1) is 11.3 Å². The Hall–Kier alpha value is -1.76. The van der Waals surface area contributed by atoms with Crippen LogP contribution in [0.1, 0.15) is 23.7 Å². The van der Waals surface area contributed by atoms with Gasteiger partial charge in [0.25, 0.3) is 5.91 Å². The minimum absolute atomic E-state index is 0.213. The number of hydrogen-bond donors (Lipinski definition) is 2. The number of amides is 1. The van der Waals surface area contributed by atoms with Gasteiger partial charge < -0.3 is 10.3 Å². The Kier molecular flexibility index (Phi) is 3.09. The maximum Gasteiger partial charge on any atom is 0.253 e. The highest BCUT2D eigenvalue weighted by molar-refractivity contribution is 5.94. The van der Waals surface area contributed by atoms with Crippen LogP contribution in [0.25, 0.3) is 0 Å². The predicted octanol–water partition coefficient (Wildman–Crippen LogP) is 1.05. The molecule has 4 nitrogen and oxygen atoms in total. The van der Waals surface area contributed by atoms with Crippen LogP contribution >= 0.6 is 0 Å². The first-order chi connectivity index (χ1) is 6.27. The molecule has 1 unspecified atom stereocenters. The van der Waals surface area contributed by atoms with Crippen LogP contribution in [0.5, 0.6) is 0 Å². The SMILES string of the molecule is CCC(C#N)NC(=O)c1cc[nH]c1. The zero-order valence-corrected chi connectivity index (χ0v) is 7.37. The Balaban J connectivity index is 2.57. The van der Waals surface area contributed by atoms with E-state index in [-0.39, 0.29) is 5.91 Å². The largest absolute Gasteiger partial charge is 0.367 e. The molecule has 1 atom stereocenters. The van der Waals surface area contributed by atoms with Crippen LogP contribution in [0.2, 0.25) is 0 Å². The van der Waals surface area contributed by atoms with Crippen molar-refractivity contribution in [1.82, 2.24) is 10.3 Å². The van der Waals surface area contributed by atoms with Crippen LogP contribution in [0.3, 0.4) is 0 Å².